The van der Waals surface area contributed by atoms with Crippen molar-refractivity contribution in [1.29, 1.82) is 0 Å². The molecule has 0 bridgehead atoms. The van der Waals surface area contributed by atoms with E-state index in [1.807, 2.05) is 12.1 Å². The monoisotopic (exact) mass is 243 g/mol. The molecule has 0 aliphatic heterocycles. The summed E-state index contributed by atoms with van der Waals surface area (Å²) in [4.78, 5) is 0. The molecule has 1 aliphatic carbocycles. The molecule has 1 atom stereocenters. The van der Waals surface area contributed by atoms with Crippen LogP contribution in [0.15, 0.2) is 28.7 Å². The highest BCUT2D eigenvalue weighted by Crippen LogP contribution is 2.45. The van der Waals surface area contributed by atoms with Gasteiger partial charge in [0.2, 0.25) is 0 Å². The van der Waals surface area contributed by atoms with Crippen molar-refractivity contribution in [2.75, 3.05) is 0 Å². The van der Waals surface area contributed by atoms with Gasteiger partial charge in [-0.3, -0.25) is 0 Å². The molecule has 0 saturated heterocycles. The average molecular weight is 244 g/mol. The van der Waals surface area contributed by atoms with Crippen molar-refractivity contribution >= 4 is 15.9 Å². The maximum atomic E-state index is 13.7. The Morgan fingerprint density at radius 2 is 2.15 bits per heavy atom. The van der Waals surface area contributed by atoms with Gasteiger partial charge in [-0.25, -0.2) is 4.39 Å². The van der Waals surface area contributed by atoms with Gasteiger partial charge in [-0.05, 0) is 30.5 Å². The topological polar surface area (TPSA) is 26.0 Å². The lowest BCUT2D eigenvalue weighted by Gasteiger charge is -2.15. The zero-order valence-corrected chi connectivity index (χ0v) is 8.72. The smallest absolute Gasteiger partial charge is 0.143 e. The predicted octanol–water partition coefficient (Wildman–Crippen LogP) is 2.95. The molecule has 1 aromatic rings. The highest BCUT2D eigenvalue weighted by Gasteiger charge is 2.47. The number of rotatable bonds is 2. The van der Waals surface area contributed by atoms with Crippen molar-refractivity contribution in [2.24, 2.45) is 5.73 Å². The van der Waals surface area contributed by atoms with Crippen molar-refractivity contribution in [2.45, 2.75) is 24.6 Å². The molecule has 0 spiro atoms. The molecule has 0 aromatic heterocycles. The van der Waals surface area contributed by atoms with E-state index in [0.29, 0.717) is 5.56 Å². The van der Waals surface area contributed by atoms with Crippen LogP contribution < -0.4 is 5.73 Å². The van der Waals surface area contributed by atoms with Crippen LogP contribution in [0.25, 0.3) is 0 Å². The Hall–Kier alpha value is -0.410. The molecule has 0 heterocycles. The van der Waals surface area contributed by atoms with Gasteiger partial charge in [-0.2, -0.15) is 0 Å². The fraction of sp³-hybridized carbons (Fsp3) is 0.400. The van der Waals surface area contributed by atoms with Crippen LogP contribution >= 0.6 is 15.9 Å². The van der Waals surface area contributed by atoms with Gasteiger partial charge >= 0.3 is 0 Å². The second-order valence-corrected chi connectivity index (χ2v) is 4.57. The first kappa shape index (κ1) is 9.16. The zero-order valence-electron chi connectivity index (χ0n) is 7.13. The lowest BCUT2D eigenvalue weighted by Crippen LogP contribution is -2.27. The normalized spacial score (nSPS) is 21.2. The standard InChI is InChI=1S/C10H11BrFN/c11-8-3-1-2-7(6-8)9(12)10(13)4-5-10/h1-3,6,9H,4-5,13H2. The second-order valence-electron chi connectivity index (χ2n) is 3.65. The summed E-state index contributed by atoms with van der Waals surface area (Å²) in [5.74, 6) is 0. The summed E-state index contributed by atoms with van der Waals surface area (Å²) in [6, 6.07) is 7.28. The number of hydrogen-bond donors (Lipinski definition) is 1. The summed E-state index contributed by atoms with van der Waals surface area (Å²) < 4.78 is 14.6. The third kappa shape index (κ3) is 1.76. The molecule has 1 aliphatic rings. The van der Waals surface area contributed by atoms with E-state index in [2.05, 4.69) is 15.9 Å². The summed E-state index contributed by atoms with van der Waals surface area (Å²) in [6.07, 6.45) is 0.562. The van der Waals surface area contributed by atoms with Gasteiger partial charge in [-0.1, -0.05) is 28.1 Å². The minimum atomic E-state index is -1.02. The van der Waals surface area contributed by atoms with E-state index in [0.717, 1.165) is 17.3 Å². The number of benzene rings is 1. The lowest BCUT2D eigenvalue weighted by molar-refractivity contribution is 0.274. The van der Waals surface area contributed by atoms with E-state index >= 15 is 0 Å². The van der Waals surface area contributed by atoms with Crippen LogP contribution in [0.1, 0.15) is 24.6 Å². The molecule has 3 heteroatoms. The molecule has 1 nitrogen and oxygen atoms in total. The number of nitrogens with two attached hydrogens (primary N) is 1. The van der Waals surface area contributed by atoms with Gasteiger partial charge < -0.3 is 5.73 Å². The molecule has 1 unspecified atom stereocenters. The molecule has 1 aromatic carbocycles. The van der Waals surface area contributed by atoms with E-state index in [-0.39, 0.29) is 0 Å². The van der Waals surface area contributed by atoms with E-state index in [1.165, 1.54) is 0 Å². The Balaban J connectivity index is 2.25. The van der Waals surface area contributed by atoms with Crippen LogP contribution in [-0.2, 0) is 0 Å². The molecule has 0 amide bonds. The molecule has 70 valence electrons. The third-order valence-electron chi connectivity index (χ3n) is 2.47. The fourth-order valence-electron chi connectivity index (χ4n) is 1.39. The van der Waals surface area contributed by atoms with Crippen molar-refractivity contribution in [1.82, 2.24) is 0 Å². The average Bonchev–Trinajstić information content (AvgIpc) is 2.84. The van der Waals surface area contributed by atoms with E-state index < -0.39 is 11.7 Å². The largest absolute Gasteiger partial charge is 0.322 e. The Morgan fingerprint density at radius 3 is 2.69 bits per heavy atom. The summed E-state index contributed by atoms with van der Waals surface area (Å²) in [5.41, 5.74) is 5.87. The number of halogens is 2. The number of hydrogen-bond acceptors (Lipinski definition) is 1. The van der Waals surface area contributed by atoms with Crippen molar-refractivity contribution in [3.8, 4) is 0 Å². The molecular formula is C10H11BrFN. The van der Waals surface area contributed by atoms with Crippen molar-refractivity contribution in [3.63, 3.8) is 0 Å². The van der Waals surface area contributed by atoms with E-state index in [4.69, 9.17) is 5.73 Å². The SMILES string of the molecule is NC1(C(F)c2cccc(Br)c2)CC1. The Labute approximate surface area is 85.3 Å². The maximum Gasteiger partial charge on any atom is 0.143 e. The van der Waals surface area contributed by atoms with Gasteiger partial charge in [0.15, 0.2) is 0 Å². The molecule has 1 saturated carbocycles. The Bertz CT molecular complexity index is 322. The fourth-order valence-corrected chi connectivity index (χ4v) is 1.81. The van der Waals surface area contributed by atoms with Crippen LogP contribution in [0, 0.1) is 0 Å². The van der Waals surface area contributed by atoms with Crippen LogP contribution in [0.3, 0.4) is 0 Å². The highest BCUT2D eigenvalue weighted by atomic mass is 79.9. The van der Waals surface area contributed by atoms with Gasteiger partial charge in [0.25, 0.3) is 0 Å². The van der Waals surface area contributed by atoms with E-state index in [9.17, 15) is 4.39 Å². The van der Waals surface area contributed by atoms with Crippen molar-refractivity contribution < 1.29 is 4.39 Å². The summed E-state index contributed by atoms with van der Waals surface area (Å²) in [7, 11) is 0. The number of alkyl halides is 1. The predicted molar refractivity (Wildman–Crippen MR) is 54.1 cm³/mol. The second kappa shape index (κ2) is 3.07. The molecule has 2 rings (SSSR count). The Kier molecular flexibility index (Phi) is 2.16. The first-order chi connectivity index (χ1) is 6.12. The van der Waals surface area contributed by atoms with Gasteiger partial charge in [-0.15, -0.1) is 0 Å². The van der Waals surface area contributed by atoms with Crippen molar-refractivity contribution in [3.05, 3.63) is 34.3 Å². The molecule has 2 N–H and O–H groups in total. The van der Waals surface area contributed by atoms with Crippen LogP contribution in [0.2, 0.25) is 0 Å². The summed E-state index contributed by atoms with van der Waals surface area (Å²) >= 11 is 3.31. The van der Waals surface area contributed by atoms with Gasteiger partial charge in [0, 0.05) is 4.47 Å². The van der Waals surface area contributed by atoms with Gasteiger partial charge in [0.05, 0.1) is 5.54 Å². The quantitative estimate of drug-likeness (QED) is 0.850. The lowest BCUT2D eigenvalue weighted by atomic mass is 10.0. The van der Waals surface area contributed by atoms with E-state index in [1.54, 1.807) is 12.1 Å². The first-order valence-electron chi connectivity index (χ1n) is 4.30. The maximum absolute atomic E-state index is 13.7. The summed E-state index contributed by atoms with van der Waals surface area (Å²) in [5, 5.41) is 0. The van der Waals surface area contributed by atoms with Gasteiger partial charge in [0.1, 0.15) is 6.17 Å². The first-order valence-corrected chi connectivity index (χ1v) is 5.09. The highest BCUT2D eigenvalue weighted by molar-refractivity contribution is 9.10. The molecular weight excluding hydrogens is 233 g/mol. The summed E-state index contributed by atoms with van der Waals surface area (Å²) in [6.45, 7) is 0. The third-order valence-corrected chi connectivity index (χ3v) is 2.97. The Morgan fingerprint density at radius 1 is 1.46 bits per heavy atom. The molecule has 1 fully saturated rings. The van der Waals surface area contributed by atoms with Crippen LogP contribution in [0.4, 0.5) is 4.39 Å². The van der Waals surface area contributed by atoms with Crippen LogP contribution in [-0.4, -0.2) is 5.54 Å². The van der Waals surface area contributed by atoms with Crippen LogP contribution in [0.5, 0.6) is 0 Å². The molecule has 0 radical (unpaired) electrons. The molecule has 13 heavy (non-hydrogen) atoms. The zero-order chi connectivity index (χ0) is 9.47. The minimum Gasteiger partial charge on any atom is -0.322 e. The minimum absolute atomic E-state index is 0.583.